The van der Waals surface area contributed by atoms with Crippen LogP contribution in [0.3, 0.4) is 0 Å². The second-order valence-corrected chi connectivity index (χ2v) is 4.43. The molecule has 0 amide bonds. The van der Waals surface area contributed by atoms with E-state index in [0.29, 0.717) is 11.5 Å². The lowest BCUT2D eigenvalue weighted by Crippen LogP contribution is -2.34. The lowest BCUT2D eigenvalue weighted by atomic mass is 10.1. The highest BCUT2D eigenvalue weighted by Crippen LogP contribution is 2.11. The molecule has 0 spiro atoms. The Kier molecular flexibility index (Phi) is 4.45. The van der Waals surface area contributed by atoms with E-state index in [1.54, 1.807) is 0 Å². The van der Waals surface area contributed by atoms with Crippen LogP contribution < -0.4 is 10.5 Å². The molecule has 0 heterocycles. The average Bonchev–Trinajstić information content (AvgIpc) is 2.41. The van der Waals surface area contributed by atoms with Crippen molar-refractivity contribution in [2.75, 3.05) is 0 Å². The Balaban J connectivity index is 1.93. The third-order valence-electron chi connectivity index (χ3n) is 2.56. The van der Waals surface area contributed by atoms with Gasteiger partial charge in [-0.05, 0) is 36.3 Å². The van der Waals surface area contributed by atoms with Crippen molar-refractivity contribution in [3.63, 3.8) is 0 Å². The van der Waals surface area contributed by atoms with E-state index in [2.05, 4.69) is 0 Å². The van der Waals surface area contributed by atoms with Gasteiger partial charge >= 0.3 is 0 Å². The summed E-state index contributed by atoms with van der Waals surface area (Å²) in [6, 6.07) is 19.2. The number of nitrogens with two attached hydrogens (primary N) is 1. The predicted octanol–water partition coefficient (Wildman–Crippen LogP) is 2.96. The third kappa shape index (κ3) is 3.65. The van der Waals surface area contributed by atoms with Crippen molar-refractivity contribution in [2.45, 2.75) is 12.5 Å². The van der Waals surface area contributed by atoms with Gasteiger partial charge in [-0.3, -0.25) is 0 Å². The molecule has 2 rings (SSSR count). The Bertz CT molecular complexity index is 498. The molecule has 2 aromatic rings. The summed E-state index contributed by atoms with van der Waals surface area (Å²) in [5.74, 6) is 0.728. The van der Waals surface area contributed by atoms with Crippen LogP contribution in [-0.2, 0) is 6.42 Å². The van der Waals surface area contributed by atoms with E-state index in [-0.39, 0.29) is 6.04 Å². The first-order chi connectivity index (χ1) is 8.75. The number of ether oxygens (including phenoxy) is 1. The molecular formula is C15H15NOS. The highest BCUT2D eigenvalue weighted by Gasteiger charge is 2.12. The number of rotatable bonds is 4. The number of hydrogen-bond donors (Lipinski definition) is 1. The molecule has 0 aliphatic carbocycles. The Morgan fingerprint density at radius 3 is 2.17 bits per heavy atom. The van der Waals surface area contributed by atoms with Crippen LogP contribution in [-0.4, -0.2) is 11.1 Å². The molecule has 92 valence electrons. The van der Waals surface area contributed by atoms with E-state index in [9.17, 15) is 0 Å². The molecular weight excluding hydrogens is 242 g/mol. The molecule has 2 aromatic carbocycles. The van der Waals surface area contributed by atoms with Gasteiger partial charge in [-0.1, -0.05) is 48.5 Å². The first-order valence-electron chi connectivity index (χ1n) is 5.82. The van der Waals surface area contributed by atoms with Gasteiger partial charge in [-0.25, -0.2) is 0 Å². The summed E-state index contributed by atoms with van der Waals surface area (Å²) in [4.78, 5) is 0. The molecule has 0 saturated heterocycles. The predicted molar refractivity (Wildman–Crippen MR) is 77.8 cm³/mol. The van der Waals surface area contributed by atoms with E-state index in [0.717, 1.165) is 11.3 Å². The quantitative estimate of drug-likeness (QED) is 0.855. The van der Waals surface area contributed by atoms with Crippen molar-refractivity contribution in [2.24, 2.45) is 5.73 Å². The minimum Gasteiger partial charge on any atom is -0.449 e. The molecule has 0 aromatic heterocycles. The molecule has 0 bridgehead atoms. The Hall–Kier alpha value is -1.71. The first-order valence-corrected chi connectivity index (χ1v) is 6.23. The van der Waals surface area contributed by atoms with Gasteiger partial charge in [0.2, 0.25) is 0 Å². The van der Waals surface area contributed by atoms with Crippen LogP contribution in [0.15, 0.2) is 60.7 Å². The summed E-state index contributed by atoms with van der Waals surface area (Å²) in [5, 5.41) is 0.421. The average molecular weight is 257 g/mol. The maximum absolute atomic E-state index is 6.03. The van der Waals surface area contributed by atoms with Crippen LogP contribution in [0.25, 0.3) is 0 Å². The van der Waals surface area contributed by atoms with Crippen LogP contribution >= 0.6 is 12.2 Å². The van der Waals surface area contributed by atoms with Crippen LogP contribution in [0.1, 0.15) is 5.56 Å². The lowest BCUT2D eigenvalue weighted by molar-refractivity contribution is 0.530. The molecule has 0 aliphatic rings. The van der Waals surface area contributed by atoms with E-state index >= 15 is 0 Å². The van der Waals surface area contributed by atoms with Crippen molar-refractivity contribution in [1.29, 1.82) is 0 Å². The fraction of sp³-hybridized carbons (Fsp3) is 0.133. The van der Waals surface area contributed by atoms with Gasteiger partial charge < -0.3 is 10.5 Å². The van der Waals surface area contributed by atoms with Crippen LogP contribution in [0.2, 0.25) is 0 Å². The topological polar surface area (TPSA) is 35.2 Å². The van der Waals surface area contributed by atoms with Gasteiger partial charge in [-0.15, -0.1) is 0 Å². The smallest absolute Gasteiger partial charge is 0.184 e. The fourth-order valence-electron chi connectivity index (χ4n) is 1.63. The number of hydrogen-bond acceptors (Lipinski definition) is 3. The molecule has 3 heteroatoms. The van der Waals surface area contributed by atoms with Crippen molar-refractivity contribution in [3.8, 4) is 5.75 Å². The summed E-state index contributed by atoms with van der Waals surface area (Å²) in [7, 11) is 0. The van der Waals surface area contributed by atoms with Crippen molar-refractivity contribution in [1.82, 2.24) is 0 Å². The van der Waals surface area contributed by atoms with Crippen LogP contribution in [0, 0.1) is 0 Å². The maximum atomic E-state index is 6.03. The zero-order valence-electron chi connectivity index (χ0n) is 9.95. The molecule has 0 radical (unpaired) electrons. The second kappa shape index (κ2) is 6.28. The molecule has 0 saturated carbocycles. The minimum absolute atomic E-state index is 0.275. The van der Waals surface area contributed by atoms with Gasteiger partial charge in [0.15, 0.2) is 5.05 Å². The van der Waals surface area contributed by atoms with Crippen molar-refractivity contribution >= 4 is 17.3 Å². The number of thiocarbonyl (C=S) groups is 1. The van der Waals surface area contributed by atoms with Gasteiger partial charge in [0.05, 0.1) is 6.04 Å². The van der Waals surface area contributed by atoms with E-state index in [4.69, 9.17) is 22.7 Å². The molecule has 0 unspecified atom stereocenters. The number of benzene rings is 2. The molecule has 1 atom stereocenters. The van der Waals surface area contributed by atoms with Crippen LogP contribution in [0.4, 0.5) is 0 Å². The lowest BCUT2D eigenvalue weighted by Gasteiger charge is -2.14. The third-order valence-corrected chi connectivity index (χ3v) is 2.95. The Morgan fingerprint density at radius 1 is 1.00 bits per heavy atom. The van der Waals surface area contributed by atoms with Crippen molar-refractivity contribution < 1.29 is 4.74 Å². The molecule has 0 fully saturated rings. The van der Waals surface area contributed by atoms with Gasteiger partial charge in [0, 0.05) is 0 Å². The van der Waals surface area contributed by atoms with E-state index in [1.165, 1.54) is 0 Å². The SMILES string of the molecule is N[C@@H](Cc1ccccc1)C(=S)Oc1ccccc1. The largest absolute Gasteiger partial charge is 0.449 e. The molecule has 18 heavy (non-hydrogen) atoms. The molecule has 0 aliphatic heterocycles. The van der Waals surface area contributed by atoms with Crippen LogP contribution in [0.5, 0.6) is 5.75 Å². The zero-order valence-corrected chi connectivity index (χ0v) is 10.8. The summed E-state index contributed by atoms with van der Waals surface area (Å²) in [5.41, 5.74) is 7.19. The maximum Gasteiger partial charge on any atom is 0.184 e. The summed E-state index contributed by atoms with van der Waals surface area (Å²) >= 11 is 5.21. The Labute approximate surface area is 112 Å². The van der Waals surface area contributed by atoms with Gasteiger partial charge in [0.1, 0.15) is 5.75 Å². The van der Waals surface area contributed by atoms with Gasteiger partial charge in [0.25, 0.3) is 0 Å². The summed E-state index contributed by atoms with van der Waals surface area (Å²) in [6.45, 7) is 0. The zero-order chi connectivity index (χ0) is 12.8. The van der Waals surface area contributed by atoms with Crippen molar-refractivity contribution in [3.05, 3.63) is 66.2 Å². The second-order valence-electron chi connectivity index (χ2n) is 4.03. The highest BCUT2D eigenvalue weighted by molar-refractivity contribution is 7.80. The number of para-hydroxylation sites is 1. The first kappa shape index (κ1) is 12.7. The molecule has 2 N–H and O–H groups in total. The van der Waals surface area contributed by atoms with Gasteiger partial charge in [-0.2, -0.15) is 0 Å². The monoisotopic (exact) mass is 257 g/mol. The summed E-state index contributed by atoms with van der Waals surface area (Å²) in [6.07, 6.45) is 0.687. The highest BCUT2D eigenvalue weighted by atomic mass is 32.1. The standard InChI is InChI=1S/C15H15NOS/c16-14(11-12-7-3-1-4-8-12)15(18)17-13-9-5-2-6-10-13/h1-10,14H,11,16H2/t14-/m0/s1. The van der Waals surface area contributed by atoms with E-state index in [1.807, 2.05) is 60.7 Å². The molecule has 2 nitrogen and oxygen atoms in total. The fourth-order valence-corrected chi connectivity index (χ4v) is 1.81. The Morgan fingerprint density at radius 2 is 1.56 bits per heavy atom. The minimum atomic E-state index is -0.275. The van der Waals surface area contributed by atoms with E-state index < -0.39 is 0 Å². The normalized spacial score (nSPS) is 11.8. The summed E-state index contributed by atoms with van der Waals surface area (Å²) < 4.78 is 5.55.